The lowest BCUT2D eigenvalue weighted by Crippen LogP contribution is -2.25. The van der Waals surface area contributed by atoms with Gasteiger partial charge in [-0.15, -0.1) is 0 Å². The number of hydrogen-bond donors (Lipinski definition) is 3. The fraction of sp³-hybridized carbons (Fsp3) is 0.333. The van der Waals surface area contributed by atoms with Crippen LogP contribution in [-0.4, -0.2) is 29.0 Å². The number of amides is 1. The molecule has 1 aromatic carbocycles. The first kappa shape index (κ1) is 19.2. The van der Waals surface area contributed by atoms with E-state index in [0.717, 1.165) is 30.7 Å². The van der Waals surface area contributed by atoms with E-state index in [1.54, 1.807) is 6.20 Å². The summed E-state index contributed by atoms with van der Waals surface area (Å²) in [5, 5.41) is 7.60. The number of pyridine rings is 1. The molecule has 0 spiro atoms. The summed E-state index contributed by atoms with van der Waals surface area (Å²) in [7, 11) is 0. The van der Waals surface area contributed by atoms with Crippen molar-refractivity contribution in [2.24, 2.45) is 0 Å². The molecule has 1 aliphatic carbocycles. The number of allylic oxidation sites excluding steroid dienone is 1. The quantitative estimate of drug-likeness (QED) is 0.484. The molecular weight excluding hydrogens is 360 g/mol. The second kappa shape index (κ2) is 9.41. The van der Waals surface area contributed by atoms with Crippen LogP contribution < -0.4 is 10.6 Å². The van der Waals surface area contributed by atoms with Crippen LogP contribution in [0.15, 0.2) is 60.4 Å². The maximum atomic E-state index is 12.3. The molecule has 1 aliphatic rings. The number of nitrogens with one attached hydrogen (secondary N) is 3. The zero-order valence-electron chi connectivity index (χ0n) is 16.7. The first-order valence-corrected chi connectivity index (χ1v) is 10.5. The first-order chi connectivity index (χ1) is 14.3. The van der Waals surface area contributed by atoms with Gasteiger partial charge in [0, 0.05) is 36.4 Å². The molecule has 2 aromatic heterocycles. The van der Waals surface area contributed by atoms with E-state index in [1.165, 1.54) is 42.2 Å². The molecule has 150 valence electrons. The Bertz CT molecular complexity index is 988. The highest BCUT2D eigenvalue weighted by Crippen LogP contribution is 2.20. The number of aromatic amines is 1. The molecule has 5 nitrogen and oxygen atoms in total. The van der Waals surface area contributed by atoms with Crippen LogP contribution in [0.1, 0.15) is 48.0 Å². The third kappa shape index (κ3) is 5.05. The van der Waals surface area contributed by atoms with Gasteiger partial charge in [0.05, 0.1) is 5.56 Å². The number of benzene rings is 1. The smallest absolute Gasteiger partial charge is 0.252 e. The predicted molar refractivity (Wildman–Crippen MR) is 118 cm³/mol. The number of anilines is 1. The largest absolute Gasteiger partial charge is 0.370 e. The van der Waals surface area contributed by atoms with Crippen molar-refractivity contribution in [2.45, 2.75) is 38.5 Å². The summed E-state index contributed by atoms with van der Waals surface area (Å²) in [5.41, 5.74) is 4.53. The van der Waals surface area contributed by atoms with E-state index >= 15 is 0 Å². The van der Waals surface area contributed by atoms with Crippen LogP contribution >= 0.6 is 0 Å². The maximum Gasteiger partial charge on any atom is 0.252 e. The van der Waals surface area contributed by atoms with E-state index < -0.39 is 0 Å². The van der Waals surface area contributed by atoms with Crippen LogP contribution in [-0.2, 0) is 6.42 Å². The number of para-hydroxylation sites is 1. The normalized spacial score (nSPS) is 13.9. The molecule has 0 unspecified atom stereocenters. The SMILES string of the molecule is O=C(NCCC1=CCCCC1)c1ccc(NCCc2c[nH]c3ccccc23)nc1. The molecule has 5 heteroatoms. The van der Waals surface area contributed by atoms with Gasteiger partial charge in [-0.1, -0.05) is 29.8 Å². The minimum atomic E-state index is -0.0562. The van der Waals surface area contributed by atoms with Crippen molar-refractivity contribution in [1.29, 1.82) is 0 Å². The number of nitrogens with zero attached hydrogens (tertiary/aromatic N) is 1. The molecule has 0 saturated carbocycles. The molecule has 0 radical (unpaired) electrons. The number of hydrogen-bond acceptors (Lipinski definition) is 3. The van der Waals surface area contributed by atoms with Gasteiger partial charge in [0.25, 0.3) is 5.91 Å². The highest BCUT2D eigenvalue weighted by atomic mass is 16.1. The Morgan fingerprint density at radius 3 is 2.83 bits per heavy atom. The van der Waals surface area contributed by atoms with Crippen molar-refractivity contribution < 1.29 is 4.79 Å². The van der Waals surface area contributed by atoms with E-state index in [4.69, 9.17) is 0 Å². The lowest BCUT2D eigenvalue weighted by molar-refractivity contribution is 0.0953. The van der Waals surface area contributed by atoms with E-state index in [9.17, 15) is 4.79 Å². The van der Waals surface area contributed by atoms with E-state index in [2.05, 4.69) is 51.1 Å². The maximum absolute atomic E-state index is 12.3. The second-order valence-electron chi connectivity index (χ2n) is 7.58. The van der Waals surface area contributed by atoms with E-state index in [-0.39, 0.29) is 5.91 Å². The Labute approximate surface area is 171 Å². The van der Waals surface area contributed by atoms with Gasteiger partial charge >= 0.3 is 0 Å². The highest BCUT2D eigenvalue weighted by Gasteiger charge is 2.08. The lowest BCUT2D eigenvalue weighted by Gasteiger charge is -2.13. The Kier molecular flexibility index (Phi) is 6.25. The lowest BCUT2D eigenvalue weighted by atomic mass is 9.97. The summed E-state index contributed by atoms with van der Waals surface area (Å²) in [6.07, 6.45) is 12.8. The minimum absolute atomic E-state index is 0.0562. The molecule has 29 heavy (non-hydrogen) atoms. The van der Waals surface area contributed by atoms with Crippen molar-refractivity contribution in [1.82, 2.24) is 15.3 Å². The van der Waals surface area contributed by atoms with Crippen LogP contribution in [0.3, 0.4) is 0 Å². The Balaban J connectivity index is 1.23. The summed E-state index contributed by atoms with van der Waals surface area (Å²) in [6, 6.07) is 12.0. The molecule has 0 aliphatic heterocycles. The third-order valence-electron chi connectivity index (χ3n) is 5.52. The van der Waals surface area contributed by atoms with Crippen molar-refractivity contribution in [3.63, 3.8) is 0 Å². The number of rotatable bonds is 8. The number of H-pyrrole nitrogens is 1. The molecule has 3 N–H and O–H groups in total. The van der Waals surface area contributed by atoms with Gasteiger partial charge in [0.15, 0.2) is 0 Å². The highest BCUT2D eigenvalue weighted by molar-refractivity contribution is 5.94. The molecule has 2 heterocycles. The topological polar surface area (TPSA) is 69.8 Å². The van der Waals surface area contributed by atoms with Gasteiger partial charge in [0.1, 0.15) is 5.82 Å². The summed E-state index contributed by atoms with van der Waals surface area (Å²) in [4.78, 5) is 20.0. The van der Waals surface area contributed by atoms with Gasteiger partial charge in [-0.25, -0.2) is 4.98 Å². The average Bonchev–Trinajstić information content (AvgIpc) is 3.18. The summed E-state index contributed by atoms with van der Waals surface area (Å²) in [6.45, 7) is 1.48. The van der Waals surface area contributed by atoms with Gasteiger partial charge in [-0.2, -0.15) is 0 Å². The van der Waals surface area contributed by atoms with Crippen molar-refractivity contribution in [3.8, 4) is 0 Å². The van der Waals surface area contributed by atoms with Crippen LogP contribution in [0.25, 0.3) is 10.9 Å². The first-order valence-electron chi connectivity index (χ1n) is 10.5. The fourth-order valence-electron chi connectivity index (χ4n) is 3.87. The average molecular weight is 389 g/mol. The Morgan fingerprint density at radius 2 is 2.00 bits per heavy atom. The third-order valence-corrected chi connectivity index (χ3v) is 5.52. The number of carbonyl (C=O) groups excluding carboxylic acids is 1. The van der Waals surface area contributed by atoms with Gasteiger partial charge in [0.2, 0.25) is 0 Å². The number of aromatic nitrogens is 2. The molecule has 0 bridgehead atoms. The van der Waals surface area contributed by atoms with Crippen molar-refractivity contribution >= 4 is 22.6 Å². The molecule has 4 rings (SSSR count). The number of carbonyl (C=O) groups is 1. The van der Waals surface area contributed by atoms with Gasteiger partial charge in [-0.3, -0.25) is 4.79 Å². The van der Waals surface area contributed by atoms with E-state index in [1.807, 2.05) is 18.2 Å². The summed E-state index contributed by atoms with van der Waals surface area (Å²) < 4.78 is 0. The molecule has 3 aromatic rings. The minimum Gasteiger partial charge on any atom is -0.370 e. The van der Waals surface area contributed by atoms with Gasteiger partial charge < -0.3 is 15.6 Å². The summed E-state index contributed by atoms with van der Waals surface area (Å²) in [5.74, 6) is 0.730. The second-order valence-corrected chi connectivity index (χ2v) is 7.58. The number of fused-ring (bicyclic) bond motifs is 1. The fourth-order valence-corrected chi connectivity index (χ4v) is 3.87. The van der Waals surface area contributed by atoms with Crippen LogP contribution in [0.5, 0.6) is 0 Å². The molecule has 1 amide bonds. The standard InChI is InChI=1S/C24H28N4O/c29-24(26-14-12-18-6-2-1-3-7-18)20-10-11-23(28-17-20)25-15-13-19-16-27-22-9-5-4-8-21(19)22/h4-6,8-11,16-17,27H,1-3,7,12-15H2,(H,25,28)(H,26,29). The predicted octanol–water partition coefficient (Wildman–Crippen LogP) is 4.84. The Morgan fingerprint density at radius 1 is 1.07 bits per heavy atom. The van der Waals surface area contributed by atoms with Crippen LogP contribution in [0.4, 0.5) is 5.82 Å². The Hall–Kier alpha value is -3.08. The van der Waals surface area contributed by atoms with Crippen molar-refractivity contribution in [2.75, 3.05) is 18.4 Å². The molecule has 0 atom stereocenters. The molecular formula is C24H28N4O. The summed E-state index contributed by atoms with van der Waals surface area (Å²) >= 11 is 0. The van der Waals surface area contributed by atoms with Crippen LogP contribution in [0, 0.1) is 0 Å². The zero-order chi connectivity index (χ0) is 19.9. The zero-order valence-corrected chi connectivity index (χ0v) is 16.7. The van der Waals surface area contributed by atoms with Crippen molar-refractivity contribution in [3.05, 3.63) is 71.6 Å². The van der Waals surface area contributed by atoms with Crippen LogP contribution in [0.2, 0.25) is 0 Å². The monoisotopic (exact) mass is 388 g/mol. The van der Waals surface area contributed by atoms with E-state index in [0.29, 0.717) is 12.1 Å². The molecule has 0 fully saturated rings. The molecule has 0 saturated heterocycles. The van der Waals surface area contributed by atoms with Gasteiger partial charge in [-0.05, 0) is 62.3 Å².